The van der Waals surface area contributed by atoms with E-state index < -0.39 is 0 Å². The monoisotopic (exact) mass is 356 g/mol. The second-order valence-corrected chi connectivity index (χ2v) is 6.13. The molecule has 0 bridgehead atoms. The normalized spacial score (nSPS) is 11.1. The second-order valence-electron chi connectivity index (χ2n) is 5.28. The summed E-state index contributed by atoms with van der Waals surface area (Å²) in [5, 5.41) is 10.6. The standard InChI is InChI=1S/C19H14Cl2N2O/c20-16-10-15(19(24)18(21)11-16)12-23-17-3-1-13(2-4-17)9-14-5-7-22-8-6-14/h1-8,10-12,24H,9H2. The number of aromatic hydroxyl groups is 1. The summed E-state index contributed by atoms with van der Waals surface area (Å²) in [6.07, 6.45) is 5.97. The molecule has 0 saturated carbocycles. The Balaban J connectivity index is 1.75. The zero-order valence-corrected chi connectivity index (χ0v) is 14.2. The van der Waals surface area contributed by atoms with Crippen LogP contribution in [0.5, 0.6) is 5.75 Å². The Kier molecular flexibility index (Phi) is 5.14. The molecule has 0 fully saturated rings. The first-order valence-corrected chi connectivity index (χ1v) is 8.07. The van der Waals surface area contributed by atoms with Crippen molar-refractivity contribution in [2.24, 2.45) is 4.99 Å². The van der Waals surface area contributed by atoms with Crippen LogP contribution in [0.15, 0.2) is 65.9 Å². The zero-order valence-electron chi connectivity index (χ0n) is 12.7. The maximum absolute atomic E-state index is 9.92. The maximum atomic E-state index is 9.92. The van der Waals surface area contributed by atoms with Crippen LogP contribution in [0.2, 0.25) is 10.0 Å². The molecular formula is C19H14Cl2N2O. The van der Waals surface area contributed by atoms with E-state index in [-0.39, 0.29) is 10.8 Å². The van der Waals surface area contributed by atoms with Crippen LogP contribution < -0.4 is 0 Å². The van der Waals surface area contributed by atoms with Gasteiger partial charge in [-0.25, -0.2) is 0 Å². The first-order chi connectivity index (χ1) is 11.6. The van der Waals surface area contributed by atoms with Crippen LogP contribution in [-0.2, 0) is 6.42 Å². The Morgan fingerprint density at radius 1 is 0.958 bits per heavy atom. The fourth-order valence-corrected chi connectivity index (χ4v) is 2.77. The molecule has 0 spiro atoms. The predicted molar refractivity (Wildman–Crippen MR) is 98.9 cm³/mol. The summed E-state index contributed by atoms with van der Waals surface area (Å²) in [5.41, 5.74) is 3.66. The van der Waals surface area contributed by atoms with Crippen molar-refractivity contribution in [1.29, 1.82) is 0 Å². The number of rotatable bonds is 4. The third kappa shape index (κ3) is 4.13. The van der Waals surface area contributed by atoms with E-state index in [0.717, 1.165) is 12.1 Å². The molecule has 1 N–H and O–H groups in total. The van der Waals surface area contributed by atoms with Crippen molar-refractivity contribution in [2.45, 2.75) is 6.42 Å². The molecule has 3 nitrogen and oxygen atoms in total. The van der Waals surface area contributed by atoms with Crippen molar-refractivity contribution in [1.82, 2.24) is 4.98 Å². The van der Waals surface area contributed by atoms with Crippen molar-refractivity contribution >= 4 is 35.1 Å². The summed E-state index contributed by atoms with van der Waals surface area (Å²) in [7, 11) is 0. The van der Waals surface area contributed by atoms with Gasteiger partial charge in [-0.2, -0.15) is 0 Å². The Morgan fingerprint density at radius 3 is 2.33 bits per heavy atom. The highest BCUT2D eigenvalue weighted by atomic mass is 35.5. The highest BCUT2D eigenvalue weighted by molar-refractivity contribution is 6.36. The van der Waals surface area contributed by atoms with E-state index in [1.165, 1.54) is 17.2 Å². The molecule has 5 heteroatoms. The minimum Gasteiger partial charge on any atom is -0.506 e. The van der Waals surface area contributed by atoms with E-state index in [2.05, 4.69) is 9.98 Å². The fraction of sp³-hybridized carbons (Fsp3) is 0.0526. The molecule has 0 unspecified atom stereocenters. The van der Waals surface area contributed by atoms with Gasteiger partial charge in [0, 0.05) is 29.2 Å². The first-order valence-electron chi connectivity index (χ1n) is 7.32. The van der Waals surface area contributed by atoms with Crippen LogP contribution in [0.4, 0.5) is 5.69 Å². The maximum Gasteiger partial charge on any atom is 0.143 e. The summed E-state index contributed by atoms with van der Waals surface area (Å²) < 4.78 is 0. The minimum absolute atomic E-state index is 0.0286. The summed E-state index contributed by atoms with van der Waals surface area (Å²) in [6.45, 7) is 0. The van der Waals surface area contributed by atoms with Crippen molar-refractivity contribution in [3.05, 3.63) is 87.7 Å². The molecule has 1 heterocycles. The number of aromatic nitrogens is 1. The van der Waals surface area contributed by atoms with E-state index in [9.17, 15) is 5.11 Å². The quantitative estimate of drug-likeness (QED) is 0.633. The van der Waals surface area contributed by atoms with Gasteiger partial charge in [0.25, 0.3) is 0 Å². The van der Waals surface area contributed by atoms with Crippen LogP contribution in [0.3, 0.4) is 0 Å². The molecule has 0 saturated heterocycles. The van der Waals surface area contributed by atoms with Gasteiger partial charge in [0.1, 0.15) is 5.75 Å². The van der Waals surface area contributed by atoms with Gasteiger partial charge < -0.3 is 5.11 Å². The van der Waals surface area contributed by atoms with Gasteiger partial charge in [-0.3, -0.25) is 9.98 Å². The van der Waals surface area contributed by atoms with Gasteiger partial charge in [0.2, 0.25) is 0 Å². The first kappa shape index (κ1) is 16.5. The largest absolute Gasteiger partial charge is 0.506 e. The van der Waals surface area contributed by atoms with E-state index >= 15 is 0 Å². The Labute approximate surface area is 150 Å². The number of phenols is 1. The van der Waals surface area contributed by atoms with Crippen LogP contribution in [0.25, 0.3) is 0 Å². The fourth-order valence-electron chi connectivity index (χ4n) is 2.26. The van der Waals surface area contributed by atoms with Crippen LogP contribution in [0, 0.1) is 0 Å². The average molecular weight is 357 g/mol. The molecule has 0 atom stereocenters. The molecule has 24 heavy (non-hydrogen) atoms. The minimum atomic E-state index is -0.0286. The predicted octanol–water partition coefficient (Wildman–Crippen LogP) is 5.44. The number of halogens is 2. The molecule has 3 aromatic rings. The third-order valence-electron chi connectivity index (χ3n) is 3.50. The van der Waals surface area contributed by atoms with Gasteiger partial charge in [-0.15, -0.1) is 0 Å². The highest BCUT2D eigenvalue weighted by Crippen LogP contribution is 2.30. The van der Waals surface area contributed by atoms with E-state index in [0.29, 0.717) is 10.6 Å². The van der Waals surface area contributed by atoms with Gasteiger partial charge in [-0.1, -0.05) is 35.3 Å². The molecule has 0 aliphatic carbocycles. The Bertz CT molecular complexity index is 863. The highest BCUT2D eigenvalue weighted by Gasteiger charge is 2.05. The lowest BCUT2D eigenvalue weighted by Crippen LogP contribution is -1.87. The van der Waals surface area contributed by atoms with E-state index in [1.807, 2.05) is 36.4 Å². The lowest BCUT2D eigenvalue weighted by atomic mass is 10.1. The van der Waals surface area contributed by atoms with E-state index in [1.54, 1.807) is 24.7 Å². The zero-order chi connectivity index (χ0) is 16.9. The van der Waals surface area contributed by atoms with Crippen molar-refractivity contribution < 1.29 is 5.11 Å². The Hall–Kier alpha value is -2.36. The number of hydrogen-bond acceptors (Lipinski definition) is 3. The van der Waals surface area contributed by atoms with Crippen molar-refractivity contribution in [3.8, 4) is 5.75 Å². The summed E-state index contributed by atoms with van der Waals surface area (Å²) in [5.74, 6) is -0.0286. The smallest absolute Gasteiger partial charge is 0.143 e. The molecule has 0 aliphatic heterocycles. The lowest BCUT2D eigenvalue weighted by Gasteiger charge is -2.03. The summed E-state index contributed by atoms with van der Waals surface area (Å²) >= 11 is 11.8. The average Bonchev–Trinajstić information content (AvgIpc) is 2.59. The van der Waals surface area contributed by atoms with Gasteiger partial charge in [0.15, 0.2) is 0 Å². The lowest BCUT2D eigenvalue weighted by molar-refractivity contribution is 0.475. The van der Waals surface area contributed by atoms with Crippen LogP contribution >= 0.6 is 23.2 Å². The molecule has 3 rings (SSSR count). The van der Waals surface area contributed by atoms with Crippen molar-refractivity contribution in [2.75, 3.05) is 0 Å². The Morgan fingerprint density at radius 2 is 1.62 bits per heavy atom. The summed E-state index contributed by atoms with van der Waals surface area (Å²) in [6, 6.07) is 15.0. The number of phenolic OH excluding ortho intramolecular Hbond substituents is 1. The van der Waals surface area contributed by atoms with Gasteiger partial charge in [0.05, 0.1) is 10.7 Å². The third-order valence-corrected chi connectivity index (χ3v) is 4.01. The number of hydrogen-bond donors (Lipinski definition) is 1. The van der Waals surface area contributed by atoms with Gasteiger partial charge >= 0.3 is 0 Å². The SMILES string of the molecule is Oc1c(Cl)cc(Cl)cc1C=Nc1ccc(Cc2ccncc2)cc1. The van der Waals surface area contributed by atoms with E-state index in [4.69, 9.17) is 23.2 Å². The molecule has 0 aliphatic rings. The molecule has 1 aromatic heterocycles. The molecule has 2 aromatic carbocycles. The van der Waals surface area contributed by atoms with Gasteiger partial charge in [-0.05, 0) is 53.9 Å². The molecule has 0 radical (unpaired) electrons. The number of nitrogens with zero attached hydrogens (tertiary/aromatic N) is 2. The second kappa shape index (κ2) is 7.47. The van der Waals surface area contributed by atoms with Crippen molar-refractivity contribution in [3.63, 3.8) is 0 Å². The topological polar surface area (TPSA) is 45.5 Å². The molecular weight excluding hydrogens is 343 g/mol. The van der Waals surface area contributed by atoms with Crippen LogP contribution in [-0.4, -0.2) is 16.3 Å². The molecule has 0 amide bonds. The summed E-state index contributed by atoms with van der Waals surface area (Å²) in [4.78, 5) is 8.37. The number of pyridine rings is 1. The van der Waals surface area contributed by atoms with Crippen LogP contribution in [0.1, 0.15) is 16.7 Å². The number of aliphatic imine (C=N–C) groups is 1. The number of benzene rings is 2. The molecule has 120 valence electrons.